The zero-order valence-corrected chi connectivity index (χ0v) is 20.5. The predicted molar refractivity (Wildman–Crippen MR) is 131 cm³/mol. The standard InChI is InChI=1S/C29H31N3O4/c1-36-20-8-7-19-13-22-23-15-32(12-9-18-5-3-2-4-6-18)17-28(22,32)29(35)11-10-26(24(33)30-25(34)31-26)16-27(23,29)21(19)14-20/h2-8,14,22-23,35H,9-13,15-17H2,1H3,(H-,30,31,33,34)/p+1/t22?,23?,26-,27?,28?,29-,32?/m0/s1. The highest BCUT2D eigenvalue weighted by molar-refractivity contribution is 6.07. The van der Waals surface area contributed by atoms with Crippen LogP contribution in [0.5, 0.6) is 5.75 Å². The molecule has 0 aromatic heterocycles. The maximum absolute atomic E-state index is 13.2. The number of aliphatic hydroxyl groups is 1. The zero-order chi connectivity index (χ0) is 24.6. The smallest absolute Gasteiger partial charge is 0.322 e. The van der Waals surface area contributed by atoms with E-state index in [0.29, 0.717) is 25.2 Å². The van der Waals surface area contributed by atoms with Crippen LogP contribution in [-0.4, -0.2) is 65.0 Å². The third-order valence-electron chi connectivity index (χ3n) is 11.4. The average molecular weight is 487 g/mol. The summed E-state index contributed by atoms with van der Waals surface area (Å²) in [6, 6.07) is 16.5. The van der Waals surface area contributed by atoms with Gasteiger partial charge >= 0.3 is 6.03 Å². The molecule has 3 aliphatic heterocycles. The van der Waals surface area contributed by atoms with E-state index in [9.17, 15) is 14.7 Å². The zero-order valence-electron chi connectivity index (χ0n) is 20.5. The Kier molecular flexibility index (Phi) is 3.72. The van der Waals surface area contributed by atoms with Crippen LogP contribution in [0.4, 0.5) is 4.79 Å². The maximum Gasteiger partial charge on any atom is 0.322 e. The van der Waals surface area contributed by atoms with Gasteiger partial charge in [0.2, 0.25) is 0 Å². The first kappa shape index (κ1) is 21.2. The monoisotopic (exact) mass is 486 g/mol. The fraction of sp³-hybridized carbons (Fsp3) is 0.517. The maximum atomic E-state index is 13.2. The number of ether oxygens (including phenoxy) is 1. The minimum atomic E-state index is -0.957. The number of nitrogens with one attached hydrogen (secondary N) is 2. The first-order chi connectivity index (χ1) is 17.3. The van der Waals surface area contributed by atoms with Crippen molar-refractivity contribution in [3.63, 3.8) is 0 Å². The highest BCUT2D eigenvalue weighted by atomic mass is 16.5. The Balaban J connectivity index is 1.27. The van der Waals surface area contributed by atoms with Crippen LogP contribution in [-0.2, 0) is 23.1 Å². The van der Waals surface area contributed by atoms with Crippen molar-refractivity contribution in [3.05, 3.63) is 65.2 Å². The molecule has 2 aromatic rings. The van der Waals surface area contributed by atoms with Gasteiger partial charge in [0.15, 0.2) is 5.54 Å². The van der Waals surface area contributed by atoms with E-state index >= 15 is 0 Å². The Labute approximate surface area is 210 Å². The number of carbonyl (C=O) groups excluding carboxylic acids is 2. The molecule has 7 nitrogen and oxygen atoms in total. The van der Waals surface area contributed by atoms with Crippen molar-refractivity contribution < 1.29 is 23.9 Å². The van der Waals surface area contributed by atoms with E-state index in [4.69, 9.17) is 4.74 Å². The summed E-state index contributed by atoms with van der Waals surface area (Å²) < 4.78 is 6.63. The summed E-state index contributed by atoms with van der Waals surface area (Å²) in [6.07, 6.45) is 3.42. The van der Waals surface area contributed by atoms with E-state index in [1.165, 1.54) is 11.1 Å². The highest BCUT2D eigenvalue weighted by Gasteiger charge is 2.98. The molecule has 3 amide bonds. The molecule has 6 aliphatic rings. The summed E-state index contributed by atoms with van der Waals surface area (Å²) >= 11 is 0. The molecule has 36 heavy (non-hydrogen) atoms. The van der Waals surface area contributed by atoms with Gasteiger partial charge in [-0.25, -0.2) is 4.79 Å². The van der Waals surface area contributed by atoms with Gasteiger partial charge < -0.3 is 19.6 Å². The summed E-state index contributed by atoms with van der Waals surface area (Å²) in [5.74, 6) is 1.20. The molecular formula is C29H32N3O4+. The second-order valence-corrected chi connectivity index (χ2v) is 12.3. The average Bonchev–Trinajstić information content (AvgIpc) is 3.35. The fourth-order valence-electron chi connectivity index (χ4n) is 10.2. The van der Waals surface area contributed by atoms with Gasteiger partial charge in [-0.15, -0.1) is 0 Å². The lowest BCUT2D eigenvalue weighted by molar-refractivity contribution is -0.833. The molecule has 3 saturated heterocycles. The number of methoxy groups -OCH3 is 1. The van der Waals surface area contributed by atoms with Crippen LogP contribution in [0.2, 0.25) is 0 Å². The Bertz CT molecular complexity index is 1350. The van der Waals surface area contributed by atoms with Crippen molar-refractivity contribution >= 4 is 11.9 Å². The summed E-state index contributed by atoms with van der Waals surface area (Å²) in [6.45, 7) is 3.08. The Morgan fingerprint density at radius 1 is 1.11 bits per heavy atom. The van der Waals surface area contributed by atoms with Gasteiger partial charge in [-0.2, -0.15) is 0 Å². The molecule has 7 atom stereocenters. The highest BCUT2D eigenvalue weighted by Crippen LogP contribution is 2.82. The van der Waals surface area contributed by atoms with Crippen LogP contribution in [0.15, 0.2) is 48.5 Å². The SMILES string of the molecule is COc1ccc2c(c1)C13C[C@]4(CC[C@@]1(O)C15C[N+]1(CCc1ccccc1)CC3C5C2)NC(=O)NC4=O. The molecule has 2 saturated carbocycles. The summed E-state index contributed by atoms with van der Waals surface area (Å²) in [5.41, 5.74) is 1.13. The number of imide groups is 1. The van der Waals surface area contributed by atoms with Crippen LogP contribution in [0.1, 0.15) is 36.0 Å². The van der Waals surface area contributed by atoms with Crippen molar-refractivity contribution in [2.45, 2.75) is 54.2 Å². The number of urea groups is 1. The van der Waals surface area contributed by atoms with E-state index in [-0.39, 0.29) is 17.4 Å². The molecule has 3 spiro atoms. The van der Waals surface area contributed by atoms with Crippen LogP contribution < -0.4 is 15.4 Å². The molecule has 0 radical (unpaired) electrons. The number of carbonyl (C=O) groups is 2. The molecule has 5 unspecified atom stereocenters. The van der Waals surface area contributed by atoms with Gasteiger partial charge in [-0.05, 0) is 54.5 Å². The number of piperidine rings is 2. The van der Waals surface area contributed by atoms with Gasteiger partial charge in [0.05, 0.1) is 20.2 Å². The number of quaternary nitrogens is 1. The number of nitrogens with zero attached hydrogens (tertiary/aromatic N) is 1. The number of amides is 3. The Morgan fingerprint density at radius 3 is 2.69 bits per heavy atom. The molecule has 4 bridgehead atoms. The van der Waals surface area contributed by atoms with Gasteiger partial charge in [-0.1, -0.05) is 36.4 Å². The lowest BCUT2D eigenvalue weighted by atomic mass is 9.50. The molecule has 3 aliphatic carbocycles. The van der Waals surface area contributed by atoms with E-state index in [1.54, 1.807) is 7.11 Å². The second kappa shape index (κ2) is 6.32. The van der Waals surface area contributed by atoms with Crippen LogP contribution >= 0.6 is 0 Å². The van der Waals surface area contributed by atoms with E-state index in [0.717, 1.165) is 48.3 Å². The molecule has 7 heteroatoms. The normalized spacial score (nSPS) is 44.5. The quantitative estimate of drug-likeness (QED) is 0.351. The second-order valence-electron chi connectivity index (χ2n) is 12.3. The van der Waals surface area contributed by atoms with Crippen molar-refractivity contribution in [1.29, 1.82) is 0 Å². The third kappa shape index (κ3) is 2.09. The van der Waals surface area contributed by atoms with Crippen LogP contribution in [0.3, 0.4) is 0 Å². The molecule has 5 fully saturated rings. The topological polar surface area (TPSA) is 87.7 Å². The third-order valence-corrected chi connectivity index (χ3v) is 11.4. The molecule has 3 N–H and O–H groups in total. The van der Waals surface area contributed by atoms with E-state index < -0.39 is 22.6 Å². The number of benzene rings is 2. The minimum absolute atomic E-state index is 0.181. The summed E-state index contributed by atoms with van der Waals surface area (Å²) in [5, 5.41) is 18.5. The molecular weight excluding hydrogens is 454 g/mol. The van der Waals surface area contributed by atoms with Crippen molar-refractivity contribution in [2.75, 3.05) is 26.7 Å². The van der Waals surface area contributed by atoms with Gasteiger partial charge in [0.1, 0.15) is 23.4 Å². The predicted octanol–water partition coefficient (Wildman–Crippen LogP) is 2.05. The lowest BCUT2D eigenvalue weighted by Gasteiger charge is -2.57. The van der Waals surface area contributed by atoms with E-state index in [2.05, 4.69) is 53.1 Å². The van der Waals surface area contributed by atoms with Crippen molar-refractivity contribution in [1.82, 2.24) is 10.6 Å². The lowest BCUT2D eigenvalue weighted by Crippen LogP contribution is -2.71. The number of fused-ring (bicyclic) bond motifs is 1. The van der Waals surface area contributed by atoms with Crippen molar-refractivity contribution in [3.8, 4) is 5.75 Å². The Morgan fingerprint density at radius 2 is 1.94 bits per heavy atom. The molecule has 3 heterocycles. The van der Waals surface area contributed by atoms with Crippen LogP contribution in [0.25, 0.3) is 0 Å². The van der Waals surface area contributed by atoms with Crippen LogP contribution in [0, 0.1) is 11.8 Å². The van der Waals surface area contributed by atoms with E-state index in [1.807, 2.05) is 6.07 Å². The molecule has 8 rings (SSSR count). The molecule has 186 valence electrons. The number of hydrogen-bond acceptors (Lipinski definition) is 4. The van der Waals surface area contributed by atoms with Gasteiger partial charge in [0.25, 0.3) is 5.91 Å². The fourth-order valence-corrected chi connectivity index (χ4v) is 10.2. The number of hydrogen-bond donors (Lipinski definition) is 3. The first-order valence-corrected chi connectivity index (χ1v) is 13.3. The largest absolute Gasteiger partial charge is 0.497 e. The van der Waals surface area contributed by atoms with Gasteiger partial charge in [0, 0.05) is 23.7 Å². The molecule has 2 aromatic carbocycles. The Hall–Kier alpha value is -2.90. The minimum Gasteiger partial charge on any atom is -0.497 e. The van der Waals surface area contributed by atoms with Crippen molar-refractivity contribution in [2.24, 2.45) is 11.8 Å². The first-order valence-electron chi connectivity index (χ1n) is 13.3. The summed E-state index contributed by atoms with van der Waals surface area (Å²) in [4.78, 5) is 25.5. The van der Waals surface area contributed by atoms with Gasteiger partial charge in [-0.3, -0.25) is 10.1 Å². The summed E-state index contributed by atoms with van der Waals surface area (Å²) in [7, 11) is 1.68. The number of rotatable bonds is 4.